The predicted octanol–water partition coefficient (Wildman–Crippen LogP) is 3.97. The minimum atomic E-state index is 0.576. The quantitative estimate of drug-likeness (QED) is 0.836. The van der Waals surface area contributed by atoms with E-state index in [2.05, 4.69) is 43.4 Å². The van der Waals surface area contributed by atoms with Crippen molar-refractivity contribution >= 4 is 0 Å². The fourth-order valence-electron chi connectivity index (χ4n) is 2.74. The summed E-state index contributed by atoms with van der Waals surface area (Å²) >= 11 is 0. The van der Waals surface area contributed by atoms with Crippen LogP contribution in [0.15, 0.2) is 24.3 Å². The van der Waals surface area contributed by atoms with Crippen molar-refractivity contribution in [3.63, 3.8) is 0 Å². The van der Waals surface area contributed by atoms with Crippen LogP contribution in [0.3, 0.4) is 0 Å². The first-order chi connectivity index (χ1) is 9.31. The van der Waals surface area contributed by atoms with Crippen LogP contribution in [-0.4, -0.2) is 19.7 Å². The van der Waals surface area contributed by atoms with Gasteiger partial charge in [-0.3, -0.25) is 0 Å². The van der Waals surface area contributed by atoms with E-state index in [1.807, 2.05) is 0 Å². The standard InChI is InChI=1S/C17H27NO/c1-3-14(2)16-8-4-5-9-17(16)19-12-10-15-7-6-11-18-13-15/h4-5,8-9,14-15,18H,3,6-7,10-13H2,1-2H3/t14-,15-/m0/s1. The fraction of sp³-hybridized carbons (Fsp3) is 0.647. The Morgan fingerprint density at radius 1 is 1.37 bits per heavy atom. The van der Waals surface area contributed by atoms with Gasteiger partial charge in [-0.05, 0) is 62.2 Å². The molecule has 2 atom stereocenters. The van der Waals surface area contributed by atoms with E-state index in [1.165, 1.54) is 31.4 Å². The lowest BCUT2D eigenvalue weighted by Gasteiger charge is -2.23. The number of hydrogen-bond acceptors (Lipinski definition) is 2. The van der Waals surface area contributed by atoms with Gasteiger partial charge in [0.05, 0.1) is 6.61 Å². The summed E-state index contributed by atoms with van der Waals surface area (Å²) in [7, 11) is 0. The van der Waals surface area contributed by atoms with Crippen molar-refractivity contribution in [1.82, 2.24) is 5.32 Å². The maximum atomic E-state index is 6.04. The molecule has 0 unspecified atom stereocenters. The minimum absolute atomic E-state index is 0.576. The van der Waals surface area contributed by atoms with Crippen LogP contribution < -0.4 is 10.1 Å². The third kappa shape index (κ3) is 4.24. The highest BCUT2D eigenvalue weighted by Gasteiger charge is 2.14. The van der Waals surface area contributed by atoms with E-state index >= 15 is 0 Å². The van der Waals surface area contributed by atoms with Crippen molar-refractivity contribution in [2.45, 2.75) is 45.4 Å². The van der Waals surface area contributed by atoms with Crippen LogP contribution in [0.5, 0.6) is 5.75 Å². The summed E-state index contributed by atoms with van der Waals surface area (Å²) in [4.78, 5) is 0. The van der Waals surface area contributed by atoms with E-state index in [0.717, 1.165) is 31.2 Å². The summed E-state index contributed by atoms with van der Waals surface area (Å²) in [6.07, 6.45) is 4.99. The molecule has 0 radical (unpaired) electrons. The highest BCUT2D eigenvalue weighted by Crippen LogP contribution is 2.28. The Morgan fingerprint density at radius 2 is 2.21 bits per heavy atom. The van der Waals surface area contributed by atoms with Crippen LogP contribution >= 0.6 is 0 Å². The Balaban J connectivity index is 1.84. The average Bonchev–Trinajstić information content (AvgIpc) is 2.48. The number of nitrogens with one attached hydrogen (secondary N) is 1. The summed E-state index contributed by atoms with van der Waals surface area (Å²) in [6.45, 7) is 7.70. The second kappa shape index (κ2) is 7.54. The maximum absolute atomic E-state index is 6.04. The zero-order chi connectivity index (χ0) is 13.5. The zero-order valence-corrected chi connectivity index (χ0v) is 12.3. The van der Waals surface area contributed by atoms with Crippen molar-refractivity contribution in [3.05, 3.63) is 29.8 Å². The molecule has 1 aliphatic heterocycles. The molecule has 0 spiro atoms. The average molecular weight is 261 g/mol. The summed E-state index contributed by atoms with van der Waals surface area (Å²) < 4.78 is 6.04. The molecule has 0 saturated carbocycles. The van der Waals surface area contributed by atoms with Crippen molar-refractivity contribution in [2.24, 2.45) is 5.92 Å². The van der Waals surface area contributed by atoms with Crippen LogP contribution in [0.4, 0.5) is 0 Å². The van der Waals surface area contributed by atoms with Crippen LogP contribution in [-0.2, 0) is 0 Å². The lowest BCUT2D eigenvalue weighted by atomic mass is 9.96. The molecule has 106 valence electrons. The minimum Gasteiger partial charge on any atom is -0.493 e. The first kappa shape index (κ1) is 14.4. The van der Waals surface area contributed by atoms with Gasteiger partial charge in [0.25, 0.3) is 0 Å². The monoisotopic (exact) mass is 261 g/mol. The lowest BCUT2D eigenvalue weighted by Crippen LogP contribution is -2.30. The van der Waals surface area contributed by atoms with E-state index < -0.39 is 0 Å². The van der Waals surface area contributed by atoms with Gasteiger partial charge in [0, 0.05) is 0 Å². The number of rotatable bonds is 6. The first-order valence-electron chi connectivity index (χ1n) is 7.73. The molecule has 1 saturated heterocycles. The largest absolute Gasteiger partial charge is 0.493 e. The molecule has 0 aromatic heterocycles. The van der Waals surface area contributed by atoms with Crippen molar-refractivity contribution in [3.8, 4) is 5.75 Å². The van der Waals surface area contributed by atoms with E-state index in [9.17, 15) is 0 Å². The highest BCUT2D eigenvalue weighted by molar-refractivity contribution is 5.35. The van der Waals surface area contributed by atoms with Crippen LogP contribution in [0, 0.1) is 5.92 Å². The first-order valence-corrected chi connectivity index (χ1v) is 7.73. The SMILES string of the molecule is CC[C@H](C)c1ccccc1OCC[C@@H]1CCCNC1. The fourth-order valence-corrected chi connectivity index (χ4v) is 2.74. The van der Waals surface area contributed by atoms with Gasteiger partial charge < -0.3 is 10.1 Å². The summed E-state index contributed by atoms with van der Waals surface area (Å²) in [5.41, 5.74) is 1.35. The molecule has 0 aliphatic carbocycles. The topological polar surface area (TPSA) is 21.3 Å². The molecular formula is C17H27NO. The van der Waals surface area contributed by atoms with Crippen molar-refractivity contribution in [2.75, 3.05) is 19.7 Å². The van der Waals surface area contributed by atoms with Gasteiger partial charge in [-0.25, -0.2) is 0 Å². The Kier molecular flexibility index (Phi) is 5.71. The highest BCUT2D eigenvalue weighted by atomic mass is 16.5. The molecule has 2 rings (SSSR count). The number of ether oxygens (including phenoxy) is 1. The second-order valence-corrected chi connectivity index (χ2v) is 5.70. The third-order valence-electron chi connectivity index (χ3n) is 4.24. The van der Waals surface area contributed by atoms with E-state index in [0.29, 0.717) is 5.92 Å². The van der Waals surface area contributed by atoms with Crippen molar-refractivity contribution < 1.29 is 4.74 Å². The smallest absolute Gasteiger partial charge is 0.122 e. The van der Waals surface area contributed by atoms with Crippen LogP contribution in [0.25, 0.3) is 0 Å². The molecule has 1 aromatic carbocycles. The molecule has 1 N–H and O–H groups in total. The lowest BCUT2D eigenvalue weighted by molar-refractivity contribution is 0.251. The van der Waals surface area contributed by atoms with E-state index in [4.69, 9.17) is 4.74 Å². The zero-order valence-electron chi connectivity index (χ0n) is 12.3. The van der Waals surface area contributed by atoms with Gasteiger partial charge >= 0.3 is 0 Å². The third-order valence-corrected chi connectivity index (χ3v) is 4.24. The van der Waals surface area contributed by atoms with E-state index in [1.54, 1.807) is 0 Å². The molecule has 1 aliphatic rings. The molecule has 0 amide bonds. The van der Waals surface area contributed by atoms with Gasteiger partial charge in [-0.2, -0.15) is 0 Å². The summed E-state index contributed by atoms with van der Waals surface area (Å²) in [6, 6.07) is 8.50. The number of benzene rings is 1. The second-order valence-electron chi connectivity index (χ2n) is 5.70. The number of para-hydroxylation sites is 1. The normalized spacial score (nSPS) is 21.1. The molecule has 19 heavy (non-hydrogen) atoms. The number of piperidine rings is 1. The Morgan fingerprint density at radius 3 is 2.95 bits per heavy atom. The molecule has 1 heterocycles. The Labute approximate surface area is 117 Å². The maximum Gasteiger partial charge on any atom is 0.122 e. The van der Waals surface area contributed by atoms with Gasteiger partial charge in [-0.1, -0.05) is 32.0 Å². The molecule has 2 nitrogen and oxygen atoms in total. The van der Waals surface area contributed by atoms with Gasteiger partial charge in [0.1, 0.15) is 5.75 Å². The molecule has 0 bridgehead atoms. The van der Waals surface area contributed by atoms with Gasteiger partial charge in [-0.15, -0.1) is 0 Å². The Bertz CT molecular complexity index is 371. The Hall–Kier alpha value is -1.02. The number of hydrogen-bond donors (Lipinski definition) is 1. The van der Waals surface area contributed by atoms with Crippen molar-refractivity contribution in [1.29, 1.82) is 0 Å². The molecule has 1 aromatic rings. The van der Waals surface area contributed by atoms with Crippen LogP contribution in [0.1, 0.15) is 51.0 Å². The summed E-state index contributed by atoms with van der Waals surface area (Å²) in [5.74, 6) is 2.46. The van der Waals surface area contributed by atoms with Gasteiger partial charge in [0.15, 0.2) is 0 Å². The van der Waals surface area contributed by atoms with Gasteiger partial charge in [0.2, 0.25) is 0 Å². The van der Waals surface area contributed by atoms with Crippen LogP contribution in [0.2, 0.25) is 0 Å². The molecule has 2 heteroatoms. The molecular weight excluding hydrogens is 234 g/mol. The summed E-state index contributed by atoms with van der Waals surface area (Å²) in [5, 5.41) is 3.47. The molecule has 1 fully saturated rings. The predicted molar refractivity (Wildman–Crippen MR) is 80.9 cm³/mol. The van der Waals surface area contributed by atoms with E-state index in [-0.39, 0.29) is 0 Å².